The second-order valence-electron chi connectivity index (χ2n) is 6.03. The van der Waals surface area contributed by atoms with Crippen LogP contribution in [-0.4, -0.2) is 30.0 Å². The van der Waals surface area contributed by atoms with Crippen molar-refractivity contribution in [3.05, 3.63) is 71.4 Å². The van der Waals surface area contributed by atoms with Crippen LogP contribution in [0.5, 0.6) is 5.75 Å². The summed E-state index contributed by atoms with van der Waals surface area (Å²) in [6.45, 7) is 1.91. The number of benzene rings is 2. The summed E-state index contributed by atoms with van der Waals surface area (Å²) in [5, 5.41) is 0.941. The van der Waals surface area contributed by atoms with Crippen molar-refractivity contribution in [2.75, 3.05) is 13.7 Å². The van der Waals surface area contributed by atoms with Gasteiger partial charge in [0, 0.05) is 18.0 Å². The first kappa shape index (κ1) is 18.5. The Bertz CT molecular complexity index is 1010. The van der Waals surface area contributed by atoms with E-state index >= 15 is 0 Å². The van der Waals surface area contributed by atoms with Crippen LogP contribution in [0.4, 0.5) is 0 Å². The zero-order valence-corrected chi connectivity index (χ0v) is 15.6. The molecule has 0 bridgehead atoms. The molecule has 0 N–H and O–H groups in total. The van der Waals surface area contributed by atoms with Crippen LogP contribution in [0.25, 0.3) is 17.0 Å². The van der Waals surface area contributed by atoms with E-state index < -0.39 is 5.97 Å². The third kappa shape index (κ3) is 3.77. The third-order valence-corrected chi connectivity index (χ3v) is 4.35. The fraction of sp³-hybridized carbons (Fsp3) is 0.182. The van der Waals surface area contributed by atoms with Gasteiger partial charge in [-0.15, -0.1) is 0 Å². The Labute approximate surface area is 157 Å². The van der Waals surface area contributed by atoms with Crippen molar-refractivity contribution in [1.29, 1.82) is 0 Å². The number of nitrogens with zero attached hydrogens (tertiary/aromatic N) is 1. The van der Waals surface area contributed by atoms with Gasteiger partial charge in [-0.3, -0.25) is 4.79 Å². The van der Waals surface area contributed by atoms with Gasteiger partial charge >= 0.3 is 5.97 Å². The van der Waals surface area contributed by atoms with Crippen LogP contribution in [0.2, 0.25) is 0 Å². The maximum atomic E-state index is 13.2. The Hall–Kier alpha value is -3.34. The largest absolute Gasteiger partial charge is 0.497 e. The lowest BCUT2D eigenvalue weighted by Gasteiger charge is -2.08. The molecule has 5 heteroatoms. The van der Waals surface area contributed by atoms with E-state index in [2.05, 4.69) is 0 Å². The minimum Gasteiger partial charge on any atom is -0.497 e. The average molecular weight is 363 g/mol. The number of carbonyl (C=O) groups excluding carboxylic acids is 2. The maximum Gasteiger partial charge on any atom is 0.342 e. The lowest BCUT2D eigenvalue weighted by molar-refractivity contribution is -0.137. The number of esters is 1. The highest BCUT2D eigenvalue weighted by Crippen LogP contribution is 2.23. The lowest BCUT2D eigenvalue weighted by Crippen LogP contribution is -2.18. The molecular weight excluding hydrogens is 342 g/mol. The van der Waals surface area contributed by atoms with Crippen LogP contribution < -0.4 is 4.74 Å². The van der Waals surface area contributed by atoms with E-state index in [-0.39, 0.29) is 18.0 Å². The molecule has 0 atom stereocenters. The highest BCUT2D eigenvalue weighted by Gasteiger charge is 2.24. The van der Waals surface area contributed by atoms with E-state index in [1.807, 2.05) is 31.3 Å². The number of methoxy groups -OCH3 is 1. The summed E-state index contributed by atoms with van der Waals surface area (Å²) >= 11 is 0. The van der Waals surface area contributed by atoms with Gasteiger partial charge in [-0.1, -0.05) is 30.3 Å². The van der Waals surface area contributed by atoms with Crippen LogP contribution >= 0.6 is 0 Å². The normalized spacial score (nSPS) is 11.4. The molecule has 2 aromatic carbocycles. The summed E-state index contributed by atoms with van der Waals surface area (Å²) in [6.07, 6.45) is 1.55. The zero-order valence-electron chi connectivity index (χ0n) is 15.6. The van der Waals surface area contributed by atoms with Crippen LogP contribution in [0.1, 0.15) is 23.0 Å². The van der Waals surface area contributed by atoms with Gasteiger partial charge in [0.05, 0.1) is 19.4 Å². The number of ether oxygens (including phenoxy) is 2. The minimum absolute atomic E-state index is 0.00655. The molecule has 1 heterocycles. The van der Waals surface area contributed by atoms with Crippen molar-refractivity contribution in [1.82, 2.24) is 4.57 Å². The molecule has 0 amide bonds. The van der Waals surface area contributed by atoms with E-state index in [1.54, 1.807) is 55.0 Å². The SMILES string of the molecule is CCOC(=O)/C(=C\c1ccc(OC)cc1)C(=O)c1cc2ccccc2n1C. The molecule has 0 saturated heterocycles. The fourth-order valence-corrected chi connectivity index (χ4v) is 2.94. The summed E-state index contributed by atoms with van der Waals surface area (Å²) in [4.78, 5) is 25.6. The van der Waals surface area contributed by atoms with Crippen LogP contribution in [0.15, 0.2) is 60.2 Å². The van der Waals surface area contributed by atoms with Crippen LogP contribution in [0, 0.1) is 0 Å². The van der Waals surface area contributed by atoms with E-state index in [0.717, 1.165) is 10.9 Å². The van der Waals surface area contributed by atoms with Gasteiger partial charge in [0.1, 0.15) is 11.3 Å². The molecule has 138 valence electrons. The molecule has 3 aromatic rings. The van der Waals surface area contributed by atoms with Crippen molar-refractivity contribution in [2.45, 2.75) is 6.92 Å². The molecule has 1 aromatic heterocycles. The molecule has 0 saturated carbocycles. The molecule has 0 aliphatic heterocycles. The first-order chi connectivity index (χ1) is 13.0. The number of aromatic nitrogens is 1. The van der Waals surface area contributed by atoms with Crippen molar-refractivity contribution in [3.63, 3.8) is 0 Å². The van der Waals surface area contributed by atoms with E-state index in [4.69, 9.17) is 9.47 Å². The van der Waals surface area contributed by atoms with Crippen molar-refractivity contribution in [3.8, 4) is 5.75 Å². The predicted octanol–water partition coefficient (Wildman–Crippen LogP) is 4.02. The summed E-state index contributed by atoms with van der Waals surface area (Å²) in [7, 11) is 3.39. The van der Waals surface area contributed by atoms with Crippen LogP contribution in [-0.2, 0) is 16.6 Å². The fourth-order valence-electron chi connectivity index (χ4n) is 2.94. The van der Waals surface area contributed by atoms with Crippen molar-refractivity contribution >= 4 is 28.7 Å². The number of carbonyl (C=O) groups is 2. The number of rotatable bonds is 6. The molecule has 0 spiro atoms. The summed E-state index contributed by atoms with van der Waals surface area (Å²) in [5.74, 6) is -0.309. The molecule has 27 heavy (non-hydrogen) atoms. The first-order valence-electron chi connectivity index (χ1n) is 8.67. The number of hydrogen-bond acceptors (Lipinski definition) is 4. The Kier molecular flexibility index (Phi) is 5.41. The van der Waals surface area contributed by atoms with Gasteiger partial charge in [0.25, 0.3) is 0 Å². The van der Waals surface area contributed by atoms with Gasteiger partial charge in [-0.05, 0) is 42.8 Å². The van der Waals surface area contributed by atoms with Gasteiger partial charge in [0.2, 0.25) is 5.78 Å². The molecule has 0 fully saturated rings. The number of ketones is 1. The van der Waals surface area contributed by atoms with Gasteiger partial charge < -0.3 is 14.0 Å². The summed E-state index contributed by atoms with van der Waals surface area (Å²) in [5.41, 5.74) is 2.07. The number of hydrogen-bond donors (Lipinski definition) is 0. The second kappa shape index (κ2) is 7.91. The van der Waals surface area contributed by atoms with E-state index in [9.17, 15) is 9.59 Å². The van der Waals surface area contributed by atoms with Gasteiger partial charge in [-0.25, -0.2) is 4.79 Å². The van der Waals surface area contributed by atoms with E-state index in [0.29, 0.717) is 17.0 Å². The highest BCUT2D eigenvalue weighted by molar-refractivity contribution is 6.27. The number of para-hydroxylation sites is 1. The Morgan fingerprint density at radius 3 is 2.41 bits per heavy atom. The van der Waals surface area contributed by atoms with Gasteiger partial charge in [0.15, 0.2) is 0 Å². The molecular formula is C22H21NO4. The Balaban J connectivity index is 2.05. The third-order valence-electron chi connectivity index (χ3n) is 4.35. The highest BCUT2D eigenvalue weighted by atomic mass is 16.5. The van der Waals surface area contributed by atoms with E-state index in [1.165, 1.54) is 0 Å². The standard InChI is InChI=1S/C22H21NO4/c1-4-27-22(25)18(13-15-9-11-17(26-3)12-10-15)21(24)20-14-16-7-5-6-8-19(16)23(20)2/h5-14H,4H2,1-3H3/b18-13-. The number of aryl methyl sites for hydroxylation is 1. The van der Waals surface area contributed by atoms with Crippen molar-refractivity contribution in [2.24, 2.45) is 7.05 Å². The lowest BCUT2D eigenvalue weighted by atomic mass is 10.0. The zero-order chi connectivity index (χ0) is 19.4. The number of fused-ring (bicyclic) bond motifs is 1. The summed E-state index contributed by atoms with van der Waals surface area (Å²) in [6, 6.07) is 16.6. The molecule has 0 aliphatic carbocycles. The second-order valence-corrected chi connectivity index (χ2v) is 6.03. The predicted molar refractivity (Wildman–Crippen MR) is 105 cm³/mol. The molecule has 5 nitrogen and oxygen atoms in total. The number of Topliss-reactive ketones (excluding diaryl/α,β-unsaturated/α-hetero) is 1. The molecule has 3 rings (SSSR count). The minimum atomic E-state index is -0.636. The maximum absolute atomic E-state index is 13.2. The average Bonchev–Trinajstić information content (AvgIpc) is 3.03. The summed E-state index contributed by atoms with van der Waals surface area (Å²) < 4.78 is 12.0. The topological polar surface area (TPSA) is 57.5 Å². The smallest absolute Gasteiger partial charge is 0.342 e. The van der Waals surface area contributed by atoms with Gasteiger partial charge in [-0.2, -0.15) is 0 Å². The Morgan fingerprint density at radius 2 is 1.78 bits per heavy atom. The van der Waals surface area contributed by atoms with Crippen LogP contribution in [0.3, 0.4) is 0 Å². The monoisotopic (exact) mass is 363 g/mol. The van der Waals surface area contributed by atoms with Crippen molar-refractivity contribution < 1.29 is 19.1 Å². The molecule has 0 radical (unpaired) electrons. The first-order valence-corrected chi connectivity index (χ1v) is 8.67. The quantitative estimate of drug-likeness (QED) is 0.218. The Morgan fingerprint density at radius 1 is 1.07 bits per heavy atom. The molecule has 0 aliphatic rings. The molecule has 0 unspecified atom stereocenters.